The second-order valence-corrected chi connectivity index (χ2v) is 4.82. The predicted molar refractivity (Wildman–Crippen MR) is 49.9 cm³/mol. The molecular weight excluding hydrogens is 269 g/mol. The van der Waals surface area contributed by atoms with Crippen LogP contribution in [0, 0.1) is 0 Å². The molecule has 0 heterocycles. The van der Waals surface area contributed by atoms with Crippen LogP contribution in [0.4, 0.5) is 13.2 Å². The lowest BCUT2D eigenvalue weighted by Gasteiger charge is -2.12. The Bertz CT molecular complexity index is 496. The highest BCUT2D eigenvalue weighted by Gasteiger charge is 2.30. The van der Waals surface area contributed by atoms with E-state index in [1.807, 2.05) is 0 Å². The van der Waals surface area contributed by atoms with E-state index in [2.05, 4.69) is 0 Å². The van der Waals surface area contributed by atoms with Crippen LogP contribution >= 0.6 is 11.6 Å². The van der Waals surface area contributed by atoms with Crippen molar-refractivity contribution in [2.75, 3.05) is 0 Å². The highest BCUT2D eigenvalue weighted by atomic mass is 35.5. The van der Waals surface area contributed by atoms with Gasteiger partial charge in [0.25, 0.3) is 0 Å². The van der Waals surface area contributed by atoms with Gasteiger partial charge in [-0.05, 0) is 23.8 Å². The Kier molecular flexibility index (Phi) is 3.51. The van der Waals surface area contributed by atoms with Gasteiger partial charge in [-0.25, -0.2) is 8.42 Å². The summed E-state index contributed by atoms with van der Waals surface area (Å²) in [6.07, 6.45) is -4.61. The van der Waals surface area contributed by atoms with E-state index in [1.165, 1.54) is 0 Å². The van der Waals surface area contributed by atoms with Crippen molar-refractivity contribution in [1.29, 1.82) is 0 Å². The average molecular weight is 274 g/mol. The molecule has 0 saturated heterocycles. The molecule has 0 spiro atoms. The molecule has 0 atom stereocenters. The SMILES string of the molecule is O=S(=O)([O-])Cc1cc(C(F)(F)F)ccc1Cl. The molecule has 0 radical (unpaired) electrons. The van der Waals surface area contributed by atoms with Crippen LogP contribution in [0.3, 0.4) is 0 Å². The van der Waals surface area contributed by atoms with Crippen molar-refractivity contribution in [3.8, 4) is 0 Å². The first kappa shape index (κ1) is 13.3. The Morgan fingerprint density at radius 3 is 2.31 bits per heavy atom. The molecule has 0 saturated carbocycles. The molecule has 0 aliphatic heterocycles. The lowest BCUT2D eigenvalue weighted by atomic mass is 10.1. The molecule has 0 N–H and O–H groups in total. The van der Waals surface area contributed by atoms with Crippen molar-refractivity contribution in [3.05, 3.63) is 34.3 Å². The van der Waals surface area contributed by atoms with Gasteiger partial charge in [-0.2, -0.15) is 13.2 Å². The Labute approximate surface area is 94.6 Å². The van der Waals surface area contributed by atoms with Crippen LogP contribution < -0.4 is 0 Å². The number of rotatable bonds is 2. The second-order valence-electron chi connectivity index (χ2n) is 3.01. The van der Waals surface area contributed by atoms with Gasteiger partial charge in [0.2, 0.25) is 0 Å². The lowest BCUT2D eigenvalue weighted by molar-refractivity contribution is -0.137. The fourth-order valence-corrected chi connectivity index (χ4v) is 1.94. The van der Waals surface area contributed by atoms with Gasteiger partial charge < -0.3 is 4.55 Å². The fraction of sp³-hybridized carbons (Fsp3) is 0.250. The smallest absolute Gasteiger partial charge is 0.416 e. The van der Waals surface area contributed by atoms with Crippen molar-refractivity contribution in [2.45, 2.75) is 11.9 Å². The molecule has 8 heteroatoms. The van der Waals surface area contributed by atoms with Gasteiger partial charge in [0.1, 0.15) is 0 Å². The first-order chi connectivity index (χ1) is 7.09. The summed E-state index contributed by atoms with van der Waals surface area (Å²) in [7, 11) is -4.66. The maximum absolute atomic E-state index is 12.3. The van der Waals surface area contributed by atoms with E-state index >= 15 is 0 Å². The van der Waals surface area contributed by atoms with Crippen molar-refractivity contribution in [2.24, 2.45) is 0 Å². The molecule has 0 fully saturated rings. The summed E-state index contributed by atoms with van der Waals surface area (Å²) in [4.78, 5) is 0. The van der Waals surface area contributed by atoms with Crippen LogP contribution in [0.1, 0.15) is 11.1 Å². The van der Waals surface area contributed by atoms with Crippen LogP contribution in [0.2, 0.25) is 5.02 Å². The van der Waals surface area contributed by atoms with Gasteiger partial charge in [-0.3, -0.25) is 0 Å². The topological polar surface area (TPSA) is 57.2 Å². The minimum Gasteiger partial charge on any atom is -0.748 e. The minimum atomic E-state index is -4.66. The van der Waals surface area contributed by atoms with Gasteiger partial charge in [-0.15, -0.1) is 0 Å². The molecule has 0 bridgehead atoms. The zero-order valence-corrected chi connectivity index (χ0v) is 9.16. The second kappa shape index (κ2) is 4.23. The third-order valence-electron chi connectivity index (χ3n) is 1.71. The summed E-state index contributed by atoms with van der Waals surface area (Å²) < 4.78 is 68.0. The zero-order valence-electron chi connectivity index (χ0n) is 7.58. The van der Waals surface area contributed by atoms with Crippen LogP contribution in [0.15, 0.2) is 18.2 Å². The molecule has 0 aliphatic carbocycles. The summed E-state index contributed by atoms with van der Waals surface area (Å²) >= 11 is 5.48. The highest BCUT2D eigenvalue weighted by molar-refractivity contribution is 7.84. The predicted octanol–water partition coefficient (Wildman–Crippen LogP) is 2.40. The molecule has 1 aromatic carbocycles. The molecular formula is C8H5ClF3O3S-. The molecule has 90 valence electrons. The van der Waals surface area contributed by atoms with E-state index in [-0.39, 0.29) is 10.6 Å². The summed E-state index contributed by atoms with van der Waals surface area (Å²) in [5, 5.41) is -0.188. The molecule has 16 heavy (non-hydrogen) atoms. The van der Waals surface area contributed by atoms with Crippen molar-refractivity contribution < 1.29 is 26.1 Å². The molecule has 3 nitrogen and oxygen atoms in total. The Hall–Kier alpha value is -0.790. The standard InChI is InChI=1S/C8H6ClF3O3S/c9-7-2-1-6(8(10,11)12)3-5(7)4-16(13,14)15/h1-3H,4H2,(H,13,14,15)/p-1. The summed E-state index contributed by atoms with van der Waals surface area (Å²) in [5.74, 6) is -1.06. The van der Waals surface area contributed by atoms with Crippen molar-refractivity contribution in [1.82, 2.24) is 0 Å². The Morgan fingerprint density at radius 1 is 1.31 bits per heavy atom. The number of alkyl halides is 3. The van der Waals surface area contributed by atoms with Crippen LogP contribution in [0.5, 0.6) is 0 Å². The maximum atomic E-state index is 12.3. The van der Waals surface area contributed by atoms with Gasteiger partial charge in [-0.1, -0.05) is 11.6 Å². The van der Waals surface area contributed by atoms with Crippen molar-refractivity contribution in [3.63, 3.8) is 0 Å². The van der Waals surface area contributed by atoms with Gasteiger partial charge >= 0.3 is 6.18 Å². The first-order valence-electron chi connectivity index (χ1n) is 3.89. The molecule has 1 rings (SSSR count). The van der Waals surface area contributed by atoms with Crippen LogP contribution in [-0.4, -0.2) is 13.0 Å². The largest absolute Gasteiger partial charge is 0.748 e. The number of hydrogen-bond acceptors (Lipinski definition) is 3. The molecule has 0 unspecified atom stereocenters. The van der Waals surface area contributed by atoms with E-state index in [0.717, 1.165) is 6.07 Å². The minimum absolute atomic E-state index is 0.188. The third-order valence-corrected chi connectivity index (χ3v) is 2.74. The van der Waals surface area contributed by atoms with Crippen molar-refractivity contribution >= 4 is 21.7 Å². The van der Waals surface area contributed by atoms with Crippen LogP contribution in [0.25, 0.3) is 0 Å². The number of halogens is 4. The number of hydrogen-bond donors (Lipinski definition) is 0. The van der Waals surface area contributed by atoms with Crippen LogP contribution in [-0.2, 0) is 22.0 Å². The third kappa shape index (κ3) is 3.66. The average Bonchev–Trinajstić information content (AvgIpc) is 2.04. The maximum Gasteiger partial charge on any atom is 0.416 e. The highest BCUT2D eigenvalue weighted by Crippen LogP contribution is 2.32. The van der Waals surface area contributed by atoms with E-state index in [4.69, 9.17) is 11.6 Å². The fourth-order valence-electron chi connectivity index (χ4n) is 1.05. The molecule has 0 aliphatic rings. The van der Waals surface area contributed by atoms with Gasteiger partial charge in [0.05, 0.1) is 21.4 Å². The zero-order chi connectivity index (χ0) is 12.6. The van der Waals surface area contributed by atoms with E-state index < -0.39 is 27.6 Å². The molecule has 0 aromatic heterocycles. The van der Waals surface area contributed by atoms with E-state index in [1.54, 1.807) is 0 Å². The van der Waals surface area contributed by atoms with E-state index in [0.29, 0.717) is 12.1 Å². The summed E-state index contributed by atoms with van der Waals surface area (Å²) in [6, 6.07) is 2.17. The Morgan fingerprint density at radius 2 is 1.88 bits per heavy atom. The number of benzene rings is 1. The molecule has 1 aromatic rings. The normalized spacial score (nSPS) is 12.8. The van der Waals surface area contributed by atoms with Gasteiger partial charge in [0.15, 0.2) is 0 Å². The Balaban J connectivity index is 3.20. The van der Waals surface area contributed by atoms with Gasteiger partial charge in [0, 0.05) is 5.02 Å². The summed E-state index contributed by atoms with van der Waals surface area (Å²) in [5.41, 5.74) is -1.40. The van der Waals surface area contributed by atoms with E-state index in [9.17, 15) is 26.1 Å². The molecule has 0 amide bonds. The summed E-state index contributed by atoms with van der Waals surface area (Å²) in [6.45, 7) is 0. The first-order valence-corrected chi connectivity index (χ1v) is 5.84. The lowest BCUT2D eigenvalue weighted by Crippen LogP contribution is -2.08. The quantitative estimate of drug-likeness (QED) is 0.778. The monoisotopic (exact) mass is 273 g/mol.